The van der Waals surface area contributed by atoms with Crippen molar-refractivity contribution in [3.8, 4) is 0 Å². The molecule has 1 atom stereocenters. The van der Waals surface area contributed by atoms with Crippen molar-refractivity contribution in [2.75, 3.05) is 5.32 Å². The van der Waals surface area contributed by atoms with Crippen LogP contribution in [0, 0.1) is 20.8 Å². The summed E-state index contributed by atoms with van der Waals surface area (Å²) in [6, 6.07) is 14.0. The van der Waals surface area contributed by atoms with Crippen LogP contribution in [-0.2, 0) is 0 Å². The zero-order valence-corrected chi connectivity index (χ0v) is 16.1. The van der Waals surface area contributed by atoms with Crippen molar-refractivity contribution in [3.05, 3.63) is 82.7 Å². The minimum atomic E-state index is -0.194. The fraction of sp³-hybridized carbons (Fsp3) is 0.227. The molecule has 0 aliphatic carbocycles. The number of nitrogens with zero attached hydrogens (tertiary/aromatic N) is 2. The summed E-state index contributed by atoms with van der Waals surface area (Å²) in [6.45, 7) is 8.13. The molecule has 0 bridgehead atoms. The van der Waals surface area contributed by atoms with Crippen LogP contribution in [0.2, 0.25) is 0 Å². The number of amides is 1. The van der Waals surface area contributed by atoms with Gasteiger partial charge >= 0.3 is 0 Å². The molecular formula is C22H24N4O. The second kappa shape index (κ2) is 7.99. The third-order valence-electron chi connectivity index (χ3n) is 4.48. The zero-order valence-electron chi connectivity index (χ0n) is 16.1. The van der Waals surface area contributed by atoms with Crippen LogP contribution in [0.1, 0.15) is 45.6 Å². The van der Waals surface area contributed by atoms with Gasteiger partial charge in [0, 0.05) is 18.1 Å². The number of aromatic nitrogens is 2. The Morgan fingerprint density at radius 3 is 2.15 bits per heavy atom. The largest absolute Gasteiger partial charge is 0.345 e. The summed E-state index contributed by atoms with van der Waals surface area (Å²) < 4.78 is 0. The number of hydrogen-bond donors (Lipinski definition) is 2. The van der Waals surface area contributed by atoms with Gasteiger partial charge in [-0.15, -0.1) is 0 Å². The summed E-state index contributed by atoms with van der Waals surface area (Å²) in [7, 11) is 0. The van der Waals surface area contributed by atoms with Gasteiger partial charge < -0.3 is 10.6 Å². The molecule has 27 heavy (non-hydrogen) atoms. The van der Waals surface area contributed by atoms with Crippen LogP contribution in [0.3, 0.4) is 0 Å². The topological polar surface area (TPSA) is 66.9 Å². The Bertz CT molecular complexity index is 913. The molecule has 138 valence electrons. The number of aryl methyl sites for hydroxylation is 3. The minimum Gasteiger partial charge on any atom is -0.345 e. The molecule has 1 aromatic heterocycles. The highest BCUT2D eigenvalue weighted by molar-refractivity contribution is 5.93. The summed E-state index contributed by atoms with van der Waals surface area (Å²) in [4.78, 5) is 21.0. The maximum atomic E-state index is 12.4. The van der Waals surface area contributed by atoms with Gasteiger partial charge in [-0.05, 0) is 44.4 Å². The molecule has 1 heterocycles. The van der Waals surface area contributed by atoms with Gasteiger partial charge in [-0.3, -0.25) is 4.79 Å². The second-order valence-corrected chi connectivity index (χ2v) is 6.80. The van der Waals surface area contributed by atoms with Gasteiger partial charge in [-0.2, -0.15) is 0 Å². The average Bonchev–Trinajstić information content (AvgIpc) is 2.65. The molecule has 0 saturated heterocycles. The van der Waals surface area contributed by atoms with E-state index in [9.17, 15) is 4.79 Å². The molecular weight excluding hydrogens is 336 g/mol. The first-order chi connectivity index (χ1) is 12.9. The fourth-order valence-electron chi connectivity index (χ4n) is 3.10. The van der Waals surface area contributed by atoms with Gasteiger partial charge in [0.2, 0.25) is 5.95 Å². The standard InChI is InChI=1S/C22H24N4O/c1-14-10-15(2)20(16(3)11-14)26-22-23-12-19(13-24-22)21(27)25-17(4)18-8-6-5-7-9-18/h5-13,17H,1-4H3,(H,25,27)(H,23,24,26). The van der Waals surface area contributed by atoms with Crippen molar-refractivity contribution < 1.29 is 4.79 Å². The molecule has 1 amide bonds. The smallest absolute Gasteiger partial charge is 0.254 e. The van der Waals surface area contributed by atoms with Crippen molar-refractivity contribution in [2.45, 2.75) is 33.7 Å². The average molecular weight is 360 g/mol. The third-order valence-corrected chi connectivity index (χ3v) is 4.48. The van der Waals surface area contributed by atoms with E-state index in [1.165, 1.54) is 5.56 Å². The lowest BCUT2D eigenvalue weighted by molar-refractivity contribution is 0.0939. The molecule has 0 saturated carbocycles. The molecule has 0 fully saturated rings. The second-order valence-electron chi connectivity index (χ2n) is 6.80. The number of hydrogen-bond acceptors (Lipinski definition) is 4. The normalized spacial score (nSPS) is 11.7. The van der Waals surface area contributed by atoms with E-state index in [-0.39, 0.29) is 11.9 Å². The molecule has 0 aliphatic heterocycles. The van der Waals surface area contributed by atoms with E-state index >= 15 is 0 Å². The van der Waals surface area contributed by atoms with Crippen molar-refractivity contribution in [3.63, 3.8) is 0 Å². The van der Waals surface area contributed by atoms with E-state index < -0.39 is 0 Å². The summed E-state index contributed by atoms with van der Waals surface area (Å²) in [5.41, 5.74) is 5.96. The Kier molecular flexibility index (Phi) is 5.50. The highest BCUT2D eigenvalue weighted by Crippen LogP contribution is 2.24. The molecule has 1 unspecified atom stereocenters. The van der Waals surface area contributed by atoms with Crippen LogP contribution >= 0.6 is 0 Å². The van der Waals surface area contributed by atoms with Gasteiger partial charge in [-0.1, -0.05) is 48.0 Å². The van der Waals surface area contributed by atoms with Gasteiger partial charge in [0.15, 0.2) is 0 Å². The first kappa shape index (κ1) is 18.6. The predicted octanol–water partition coefficient (Wildman–Crippen LogP) is 4.64. The Morgan fingerprint density at radius 2 is 1.56 bits per heavy atom. The zero-order chi connectivity index (χ0) is 19.4. The maximum absolute atomic E-state index is 12.4. The Hall–Kier alpha value is -3.21. The maximum Gasteiger partial charge on any atom is 0.254 e. The van der Waals surface area contributed by atoms with E-state index in [4.69, 9.17) is 0 Å². The first-order valence-electron chi connectivity index (χ1n) is 8.97. The Morgan fingerprint density at radius 1 is 0.963 bits per heavy atom. The summed E-state index contributed by atoms with van der Waals surface area (Å²) in [6.07, 6.45) is 3.09. The minimum absolute atomic E-state index is 0.0886. The van der Waals surface area contributed by atoms with Gasteiger partial charge in [0.05, 0.1) is 11.6 Å². The van der Waals surface area contributed by atoms with Gasteiger partial charge in [0.1, 0.15) is 0 Å². The number of carbonyl (C=O) groups is 1. The van der Waals surface area contributed by atoms with Crippen LogP contribution in [0.4, 0.5) is 11.6 Å². The Balaban J connectivity index is 1.69. The van der Waals surface area contributed by atoms with Crippen molar-refractivity contribution in [1.29, 1.82) is 0 Å². The lowest BCUT2D eigenvalue weighted by atomic mass is 10.1. The number of anilines is 2. The summed E-state index contributed by atoms with van der Waals surface area (Å²) in [5, 5.41) is 6.21. The van der Waals surface area contributed by atoms with Gasteiger partial charge in [-0.25, -0.2) is 9.97 Å². The fourth-order valence-corrected chi connectivity index (χ4v) is 3.10. The van der Waals surface area contributed by atoms with Crippen LogP contribution < -0.4 is 10.6 Å². The highest BCUT2D eigenvalue weighted by atomic mass is 16.1. The van der Waals surface area contributed by atoms with Crippen LogP contribution in [-0.4, -0.2) is 15.9 Å². The van der Waals surface area contributed by atoms with E-state index in [0.717, 1.165) is 22.4 Å². The van der Waals surface area contributed by atoms with Crippen molar-refractivity contribution in [1.82, 2.24) is 15.3 Å². The van der Waals surface area contributed by atoms with Crippen molar-refractivity contribution >= 4 is 17.5 Å². The molecule has 2 N–H and O–H groups in total. The number of rotatable bonds is 5. The van der Waals surface area contributed by atoms with E-state index in [1.54, 1.807) is 12.4 Å². The number of nitrogens with one attached hydrogen (secondary N) is 2. The highest BCUT2D eigenvalue weighted by Gasteiger charge is 2.13. The van der Waals surface area contributed by atoms with Crippen LogP contribution in [0.25, 0.3) is 0 Å². The SMILES string of the molecule is Cc1cc(C)c(Nc2ncc(C(=O)NC(C)c3ccccc3)cn2)c(C)c1. The molecule has 5 heteroatoms. The monoisotopic (exact) mass is 360 g/mol. The van der Waals surface area contributed by atoms with E-state index in [2.05, 4.69) is 53.5 Å². The quantitative estimate of drug-likeness (QED) is 0.696. The lowest BCUT2D eigenvalue weighted by Gasteiger charge is -2.15. The van der Waals surface area contributed by atoms with E-state index in [0.29, 0.717) is 11.5 Å². The van der Waals surface area contributed by atoms with E-state index in [1.807, 2.05) is 37.3 Å². The van der Waals surface area contributed by atoms with Crippen LogP contribution in [0.15, 0.2) is 54.9 Å². The molecule has 0 aliphatic rings. The predicted molar refractivity (Wildman–Crippen MR) is 108 cm³/mol. The molecule has 5 nitrogen and oxygen atoms in total. The molecule has 3 aromatic rings. The molecule has 3 rings (SSSR count). The summed E-state index contributed by atoms with van der Waals surface area (Å²) >= 11 is 0. The number of benzene rings is 2. The third kappa shape index (κ3) is 4.50. The lowest BCUT2D eigenvalue weighted by Crippen LogP contribution is -2.26. The molecule has 0 spiro atoms. The Labute approximate surface area is 159 Å². The van der Waals surface area contributed by atoms with Crippen molar-refractivity contribution in [2.24, 2.45) is 0 Å². The first-order valence-corrected chi connectivity index (χ1v) is 8.97. The molecule has 2 aromatic carbocycles. The van der Waals surface area contributed by atoms with Crippen LogP contribution in [0.5, 0.6) is 0 Å². The summed E-state index contributed by atoms with van der Waals surface area (Å²) in [5.74, 6) is 0.276. The number of carbonyl (C=O) groups excluding carboxylic acids is 1. The molecule has 0 radical (unpaired) electrons. The van der Waals surface area contributed by atoms with Gasteiger partial charge in [0.25, 0.3) is 5.91 Å².